The topological polar surface area (TPSA) is 92.8 Å². The lowest BCUT2D eigenvalue weighted by Gasteiger charge is -2.28. The first-order valence-electron chi connectivity index (χ1n) is 12.3. The number of carbonyl (C=O) groups excluding carboxylic acids is 4. The Morgan fingerprint density at radius 3 is 2.42 bits per heavy atom. The Hall–Kier alpha value is -3.68. The van der Waals surface area contributed by atoms with Crippen molar-refractivity contribution in [2.45, 2.75) is 25.2 Å². The van der Waals surface area contributed by atoms with E-state index in [0.29, 0.717) is 24.2 Å². The van der Waals surface area contributed by atoms with E-state index in [1.54, 1.807) is 30.3 Å². The molecule has 0 spiro atoms. The highest BCUT2D eigenvalue weighted by atomic mass is 35.5. The fraction of sp³-hybridized carbons (Fsp3) is 0.241. The highest BCUT2D eigenvalue weighted by molar-refractivity contribution is 6.44. The molecule has 0 radical (unpaired) electrons. The lowest BCUT2D eigenvalue weighted by molar-refractivity contribution is -0.122. The number of fused-ring (bicyclic) bond motifs is 1. The molecule has 0 unspecified atom stereocenters. The minimum Gasteiger partial charge on any atom is -0.452 e. The number of rotatable bonds is 6. The van der Waals surface area contributed by atoms with Crippen LogP contribution in [0.4, 0.5) is 11.4 Å². The molecule has 9 heteroatoms. The zero-order chi connectivity index (χ0) is 26.8. The second kappa shape index (κ2) is 11.0. The van der Waals surface area contributed by atoms with Crippen molar-refractivity contribution in [2.75, 3.05) is 16.8 Å². The van der Waals surface area contributed by atoms with Gasteiger partial charge in [-0.05, 0) is 61.1 Å². The Kier molecular flexibility index (Phi) is 7.49. The van der Waals surface area contributed by atoms with Crippen molar-refractivity contribution < 1.29 is 23.9 Å². The van der Waals surface area contributed by atoms with Crippen LogP contribution >= 0.6 is 23.2 Å². The second-order valence-corrected chi connectivity index (χ2v) is 10.2. The molecule has 0 bridgehead atoms. The lowest BCUT2D eigenvalue weighted by Crippen LogP contribution is -2.31. The minimum atomic E-state index is -0.764. The van der Waals surface area contributed by atoms with Crippen LogP contribution in [0.5, 0.6) is 0 Å². The van der Waals surface area contributed by atoms with Crippen molar-refractivity contribution in [3.8, 4) is 0 Å². The molecule has 1 aliphatic heterocycles. The Labute approximate surface area is 229 Å². The van der Waals surface area contributed by atoms with Crippen molar-refractivity contribution in [1.82, 2.24) is 0 Å². The standard InChI is InChI=1S/C29H24Cl2N2O5/c30-23-10-5-11-24(26(23)31)32-25(34)16-38-29(37)19-8-4-9-20(14-19)33-27(35)21-13-12-18(15-22(21)28(33)36)17-6-2-1-3-7-17/h1-11,14,18,21-22H,12-13,15-16H2,(H,32,34)/t18-,21+,22+/m0/s1. The van der Waals surface area contributed by atoms with E-state index in [9.17, 15) is 19.2 Å². The molecule has 3 aromatic carbocycles. The van der Waals surface area contributed by atoms with Gasteiger partial charge in [0.25, 0.3) is 5.91 Å². The molecule has 1 heterocycles. The third kappa shape index (κ3) is 5.17. The lowest BCUT2D eigenvalue weighted by atomic mass is 9.73. The van der Waals surface area contributed by atoms with E-state index in [-0.39, 0.29) is 45.2 Å². The molecule has 3 amide bonds. The van der Waals surface area contributed by atoms with Gasteiger partial charge in [0.05, 0.1) is 38.8 Å². The summed E-state index contributed by atoms with van der Waals surface area (Å²) >= 11 is 12.0. The number of ether oxygens (including phenoxy) is 1. The van der Waals surface area contributed by atoms with Crippen molar-refractivity contribution in [3.05, 3.63) is 94.0 Å². The van der Waals surface area contributed by atoms with E-state index in [2.05, 4.69) is 17.4 Å². The van der Waals surface area contributed by atoms with Crippen LogP contribution in [-0.2, 0) is 19.1 Å². The minimum absolute atomic E-state index is 0.119. The summed E-state index contributed by atoms with van der Waals surface area (Å²) in [5.74, 6) is -2.37. The SMILES string of the molecule is O=C(COC(=O)c1cccc(N2C(=O)[C@@H]3CC[C@H](c4ccccc4)C[C@H]3C2=O)c1)Nc1cccc(Cl)c1Cl. The van der Waals surface area contributed by atoms with E-state index in [0.717, 1.165) is 6.42 Å². The smallest absolute Gasteiger partial charge is 0.338 e. The van der Waals surface area contributed by atoms with Gasteiger partial charge in [-0.3, -0.25) is 19.3 Å². The number of hydrogen-bond donors (Lipinski definition) is 1. The van der Waals surface area contributed by atoms with Gasteiger partial charge in [0, 0.05) is 0 Å². The maximum atomic E-state index is 13.4. The van der Waals surface area contributed by atoms with Crippen LogP contribution in [0.25, 0.3) is 0 Å². The number of halogens is 2. The first-order valence-corrected chi connectivity index (χ1v) is 13.0. The van der Waals surface area contributed by atoms with E-state index < -0.39 is 18.5 Å². The number of nitrogens with zero attached hydrogens (tertiary/aromatic N) is 1. The van der Waals surface area contributed by atoms with Gasteiger partial charge in [-0.2, -0.15) is 0 Å². The Morgan fingerprint density at radius 1 is 0.895 bits per heavy atom. The molecule has 1 saturated heterocycles. The Morgan fingerprint density at radius 2 is 1.63 bits per heavy atom. The van der Waals surface area contributed by atoms with Gasteiger partial charge < -0.3 is 10.1 Å². The van der Waals surface area contributed by atoms with Crippen LogP contribution in [0.2, 0.25) is 10.0 Å². The molecular weight excluding hydrogens is 527 g/mol. The van der Waals surface area contributed by atoms with Gasteiger partial charge >= 0.3 is 5.97 Å². The maximum Gasteiger partial charge on any atom is 0.338 e. The van der Waals surface area contributed by atoms with Crippen LogP contribution in [0.15, 0.2) is 72.8 Å². The van der Waals surface area contributed by atoms with Crippen LogP contribution in [0, 0.1) is 11.8 Å². The van der Waals surface area contributed by atoms with E-state index >= 15 is 0 Å². The third-order valence-electron chi connectivity index (χ3n) is 7.10. The summed E-state index contributed by atoms with van der Waals surface area (Å²) in [5, 5.41) is 2.99. The number of imide groups is 1. The first kappa shape index (κ1) is 25.9. The fourth-order valence-electron chi connectivity index (χ4n) is 5.23. The quantitative estimate of drug-likeness (QED) is 0.306. The fourth-order valence-corrected chi connectivity index (χ4v) is 5.58. The van der Waals surface area contributed by atoms with Gasteiger partial charge in [-0.1, -0.05) is 65.7 Å². The zero-order valence-electron chi connectivity index (χ0n) is 20.2. The van der Waals surface area contributed by atoms with Gasteiger partial charge in [-0.15, -0.1) is 0 Å². The summed E-state index contributed by atoms with van der Waals surface area (Å²) in [4.78, 5) is 52.7. The maximum absolute atomic E-state index is 13.4. The number of hydrogen-bond acceptors (Lipinski definition) is 5. The van der Waals surface area contributed by atoms with Gasteiger partial charge in [0.2, 0.25) is 11.8 Å². The van der Waals surface area contributed by atoms with E-state index in [4.69, 9.17) is 27.9 Å². The molecule has 0 aromatic heterocycles. The molecule has 7 nitrogen and oxygen atoms in total. The number of anilines is 2. The summed E-state index contributed by atoms with van der Waals surface area (Å²) < 4.78 is 5.15. The summed E-state index contributed by atoms with van der Waals surface area (Å²) in [7, 11) is 0. The highest BCUT2D eigenvalue weighted by Crippen LogP contribution is 2.45. The normalized spacial score (nSPS) is 20.7. The molecule has 2 fully saturated rings. The zero-order valence-corrected chi connectivity index (χ0v) is 21.7. The van der Waals surface area contributed by atoms with E-state index in [1.807, 2.05) is 18.2 Å². The molecular formula is C29H24Cl2N2O5. The van der Waals surface area contributed by atoms with Crippen LogP contribution < -0.4 is 10.2 Å². The number of esters is 1. The molecule has 38 heavy (non-hydrogen) atoms. The molecule has 194 valence electrons. The molecule has 2 aliphatic rings. The largest absolute Gasteiger partial charge is 0.452 e. The average Bonchev–Trinajstić information content (AvgIpc) is 3.19. The van der Waals surface area contributed by atoms with Crippen LogP contribution in [-0.4, -0.2) is 30.3 Å². The molecule has 1 N–H and O–H groups in total. The number of carbonyl (C=O) groups is 4. The average molecular weight is 551 g/mol. The van der Waals surface area contributed by atoms with Crippen molar-refractivity contribution in [3.63, 3.8) is 0 Å². The number of benzene rings is 3. The Balaban J connectivity index is 1.25. The summed E-state index contributed by atoms with van der Waals surface area (Å²) in [6.07, 6.45) is 2.09. The summed E-state index contributed by atoms with van der Waals surface area (Å²) in [6, 6.07) is 21.0. The number of amides is 3. The molecule has 1 aliphatic carbocycles. The van der Waals surface area contributed by atoms with Crippen molar-refractivity contribution >= 4 is 58.3 Å². The first-order chi connectivity index (χ1) is 18.3. The van der Waals surface area contributed by atoms with Gasteiger partial charge in [-0.25, -0.2) is 4.79 Å². The Bertz CT molecular complexity index is 1410. The number of nitrogens with one attached hydrogen (secondary N) is 1. The predicted molar refractivity (Wildman–Crippen MR) is 144 cm³/mol. The molecule has 3 atom stereocenters. The second-order valence-electron chi connectivity index (χ2n) is 9.42. The van der Waals surface area contributed by atoms with Crippen molar-refractivity contribution in [1.29, 1.82) is 0 Å². The summed E-state index contributed by atoms with van der Waals surface area (Å²) in [6.45, 7) is -0.557. The van der Waals surface area contributed by atoms with Gasteiger partial charge in [0.15, 0.2) is 6.61 Å². The molecule has 5 rings (SSSR count). The monoisotopic (exact) mass is 550 g/mol. The molecule has 1 saturated carbocycles. The van der Waals surface area contributed by atoms with E-state index in [1.165, 1.54) is 22.6 Å². The summed E-state index contributed by atoms with van der Waals surface area (Å²) in [5.41, 5.74) is 1.91. The van der Waals surface area contributed by atoms with Crippen molar-refractivity contribution in [2.24, 2.45) is 11.8 Å². The van der Waals surface area contributed by atoms with Crippen LogP contribution in [0.1, 0.15) is 41.1 Å². The van der Waals surface area contributed by atoms with Gasteiger partial charge in [0.1, 0.15) is 0 Å². The third-order valence-corrected chi connectivity index (χ3v) is 7.92. The highest BCUT2D eigenvalue weighted by Gasteiger charge is 2.50. The predicted octanol–water partition coefficient (Wildman–Crippen LogP) is 5.86. The molecule has 3 aromatic rings. The van der Waals surface area contributed by atoms with Crippen LogP contribution in [0.3, 0.4) is 0 Å².